The lowest BCUT2D eigenvalue weighted by molar-refractivity contribution is 0.0273. The van der Waals surface area contributed by atoms with Crippen molar-refractivity contribution in [3.8, 4) is 0 Å². The van der Waals surface area contributed by atoms with Crippen molar-refractivity contribution < 1.29 is 9.53 Å². The number of anilines is 2. The van der Waals surface area contributed by atoms with Gasteiger partial charge in [0.15, 0.2) is 0 Å². The van der Waals surface area contributed by atoms with Crippen molar-refractivity contribution in [2.75, 3.05) is 56.4 Å². The first kappa shape index (κ1) is 18.4. The number of rotatable bonds is 3. The summed E-state index contributed by atoms with van der Waals surface area (Å²) in [4.78, 5) is 19.2. The van der Waals surface area contributed by atoms with E-state index in [1.165, 1.54) is 12.2 Å². The molecule has 2 atom stereocenters. The topological polar surface area (TPSA) is 62.0 Å². The SMILES string of the molecule is CC(C)(C)OC(=O)N1CC2CN(CC3CN(c4ccc(N)cc4)C3)CC2C1. The largest absolute Gasteiger partial charge is 0.444 e. The number of carbonyl (C=O) groups excluding carboxylic acids is 1. The number of hydrogen-bond donors (Lipinski definition) is 1. The van der Waals surface area contributed by atoms with Gasteiger partial charge in [-0.2, -0.15) is 0 Å². The molecule has 2 N–H and O–H groups in total. The molecule has 3 saturated heterocycles. The fourth-order valence-electron chi connectivity index (χ4n) is 4.66. The number of carbonyl (C=O) groups is 1. The van der Waals surface area contributed by atoms with E-state index in [2.05, 4.69) is 21.9 Å². The van der Waals surface area contributed by atoms with E-state index in [0.29, 0.717) is 11.8 Å². The fraction of sp³-hybridized carbons (Fsp3) is 0.667. The summed E-state index contributed by atoms with van der Waals surface area (Å²) in [5.74, 6) is 1.94. The Balaban J connectivity index is 1.20. The number of likely N-dealkylation sites (tertiary alicyclic amines) is 2. The Morgan fingerprint density at radius 2 is 1.63 bits per heavy atom. The minimum Gasteiger partial charge on any atom is -0.444 e. The van der Waals surface area contributed by atoms with Crippen LogP contribution < -0.4 is 10.6 Å². The van der Waals surface area contributed by atoms with Gasteiger partial charge < -0.3 is 25.2 Å². The molecule has 148 valence electrons. The number of ether oxygens (including phenoxy) is 1. The third-order valence-electron chi connectivity index (χ3n) is 5.95. The lowest BCUT2D eigenvalue weighted by atomic mass is 9.98. The number of amides is 1. The molecule has 3 fully saturated rings. The molecule has 0 aromatic heterocycles. The van der Waals surface area contributed by atoms with Crippen LogP contribution in [0.5, 0.6) is 0 Å². The van der Waals surface area contributed by atoms with E-state index < -0.39 is 5.60 Å². The molecule has 2 unspecified atom stereocenters. The highest BCUT2D eigenvalue weighted by atomic mass is 16.6. The molecule has 0 spiro atoms. The fourth-order valence-corrected chi connectivity index (χ4v) is 4.66. The lowest BCUT2D eigenvalue weighted by Gasteiger charge is -2.43. The van der Waals surface area contributed by atoms with Crippen molar-refractivity contribution in [3.05, 3.63) is 24.3 Å². The molecule has 3 aliphatic rings. The summed E-state index contributed by atoms with van der Waals surface area (Å²) in [5, 5.41) is 0. The van der Waals surface area contributed by atoms with Crippen LogP contribution in [0.3, 0.4) is 0 Å². The molecule has 1 aromatic carbocycles. The Bertz CT molecular complexity index is 664. The average molecular weight is 373 g/mol. The van der Waals surface area contributed by atoms with E-state index in [1.807, 2.05) is 37.8 Å². The Morgan fingerprint density at radius 1 is 1.04 bits per heavy atom. The molecule has 6 nitrogen and oxygen atoms in total. The first-order valence-electron chi connectivity index (χ1n) is 10.1. The molecular formula is C21H32N4O2. The van der Waals surface area contributed by atoms with Crippen LogP contribution >= 0.6 is 0 Å². The van der Waals surface area contributed by atoms with Gasteiger partial charge >= 0.3 is 6.09 Å². The lowest BCUT2D eigenvalue weighted by Crippen LogP contribution is -2.51. The molecule has 3 aliphatic heterocycles. The number of nitrogens with two attached hydrogens (primary N) is 1. The maximum atomic E-state index is 12.3. The van der Waals surface area contributed by atoms with Crippen LogP contribution in [-0.4, -0.2) is 67.3 Å². The molecular weight excluding hydrogens is 340 g/mol. The van der Waals surface area contributed by atoms with Gasteiger partial charge in [0.25, 0.3) is 0 Å². The minimum absolute atomic E-state index is 0.151. The second kappa shape index (κ2) is 6.89. The van der Waals surface area contributed by atoms with Gasteiger partial charge in [-0.3, -0.25) is 0 Å². The number of hydrogen-bond acceptors (Lipinski definition) is 5. The van der Waals surface area contributed by atoms with Crippen molar-refractivity contribution >= 4 is 17.5 Å². The monoisotopic (exact) mass is 372 g/mol. The van der Waals surface area contributed by atoms with Crippen LogP contribution in [0.1, 0.15) is 20.8 Å². The summed E-state index contributed by atoms with van der Waals surface area (Å²) in [6.45, 7) is 13.1. The summed E-state index contributed by atoms with van der Waals surface area (Å²) in [6.07, 6.45) is -0.151. The predicted molar refractivity (Wildman–Crippen MR) is 108 cm³/mol. The van der Waals surface area contributed by atoms with E-state index >= 15 is 0 Å². The molecule has 4 rings (SSSR count). The first-order valence-corrected chi connectivity index (χ1v) is 10.1. The predicted octanol–water partition coefficient (Wildman–Crippen LogP) is 2.50. The summed E-state index contributed by atoms with van der Waals surface area (Å²) >= 11 is 0. The Hall–Kier alpha value is -1.95. The van der Waals surface area contributed by atoms with Gasteiger partial charge in [0.05, 0.1) is 0 Å². The summed E-state index contributed by atoms with van der Waals surface area (Å²) in [6, 6.07) is 8.16. The number of benzene rings is 1. The zero-order valence-corrected chi connectivity index (χ0v) is 16.7. The van der Waals surface area contributed by atoms with Crippen molar-refractivity contribution in [2.45, 2.75) is 26.4 Å². The van der Waals surface area contributed by atoms with Crippen molar-refractivity contribution in [2.24, 2.45) is 17.8 Å². The number of nitrogens with zero attached hydrogens (tertiary/aromatic N) is 3. The zero-order valence-electron chi connectivity index (χ0n) is 16.7. The highest BCUT2D eigenvalue weighted by Gasteiger charge is 2.43. The van der Waals surface area contributed by atoms with Gasteiger partial charge in [-0.25, -0.2) is 4.79 Å². The molecule has 0 saturated carbocycles. The van der Waals surface area contributed by atoms with E-state index in [9.17, 15) is 4.79 Å². The van der Waals surface area contributed by atoms with E-state index in [4.69, 9.17) is 10.5 Å². The van der Waals surface area contributed by atoms with Crippen molar-refractivity contribution in [3.63, 3.8) is 0 Å². The van der Waals surface area contributed by atoms with E-state index in [1.54, 1.807) is 0 Å². The molecule has 3 heterocycles. The third-order valence-corrected chi connectivity index (χ3v) is 5.95. The second-order valence-corrected chi connectivity index (χ2v) is 9.49. The van der Waals surface area contributed by atoms with E-state index in [-0.39, 0.29) is 6.09 Å². The summed E-state index contributed by atoms with van der Waals surface area (Å²) in [7, 11) is 0. The molecule has 27 heavy (non-hydrogen) atoms. The molecule has 1 amide bonds. The van der Waals surface area contributed by atoms with Crippen LogP contribution in [0, 0.1) is 17.8 Å². The smallest absolute Gasteiger partial charge is 0.410 e. The molecule has 0 radical (unpaired) electrons. The highest BCUT2D eigenvalue weighted by molar-refractivity contribution is 5.68. The zero-order chi connectivity index (χ0) is 19.2. The summed E-state index contributed by atoms with van der Waals surface area (Å²) in [5.41, 5.74) is 7.44. The standard InChI is InChI=1S/C21H32N4O2/c1-21(2,3)27-20(26)25-13-16-11-23(12-17(16)14-25)8-15-9-24(10-15)19-6-4-18(22)5-7-19/h4-7,15-17H,8-14,22H2,1-3H3. The van der Waals surface area contributed by atoms with Gasteiger partial charge in [0.1, 0.15) is 5.60 Å². The van der Waals surface area contributed by atoms with Gasteiger partial charge in [-0.05, 0) is 56.9 Å². The van der Waals surface area contributed by atoms with Crippen LogP contribution in [-0.2, 0) is 4.74 Å². The molecule has 1 aromatic rings. The van der Waals surface area contributed by atoms with E-state index in [0.717, 1.165) is 50.9 Å². The number of nitrogen functional groups attached to an aromatic ring is 1. The van der Waals surface area contributed by atoms with Gasteiger partial charge in [-0.1, -0.05) is 0 Å². The second-order valence-electron chi connectivity index (χ2n) is 9.49. The maximum absolute atomic E-state index is 12.3. The first-order chi connectivity index (χ1) is 12.8. The maximum Gasteiger partial charge on any atom is 0.410 e. The minimum atomic E-state index is -0.415. The molecule has 0 aliphatic carbocycles. The van der Waals surface area contributed by atoms with Crippen LogP contribution in [0.4, 0.5) is 16.2 Å². The van der Waals surface area contributed by atoms with Crippen molar-refractivity contribution in [1.82, 2.24) is 9.80 Å². The van der Waals surface area contributed by atoms with Crippen LogP contribution in [0.15, 0.2) is 24.3 Å². The summed E-state index contributed by atoms with van der Waals surface area (Å²) < 4.78 is 5.53. The Morgan fingerprint density at radius 3 is 2.19 bits per heavy atom. The normalized spacial score (nSPS) is 26.2. The number of fused-ring (bicyclic) bond motifs is 1. The van der Waals surface area contributed by atoms with Gasteiger partial charge in [-0.15, -0.1) is 0 Å². The Kier molecular flexibility index (Phi) is 4.70. The Labute approximate surface area is 162 Å². The average Bonchev–Trinajstić information content (AvgIpc) is 3.08. The van der Waals surface area contributed by atoms with Gasteiger partial charge in [0.2, 0.25) is 0 Å². The van der Waals surface area contributed by atoms with Gasteiger partial charge in [0, 0.05) is 63.1 Å². The highest BCUT2D eigenvalue weighted by Crippen LogP contribution is 2.34. The van der Waals surface area contributed by atoms with Crippen LogP contribution in [0.2, 0.25) is 0 Å². The van der Waals surface area contributed by atoms with Crippen molar-refractivity contribution in [1.29, 1.82) is 0 Å². The molecule has 6 heteroatoms. The molecule has 0 bridgehead atoms. The third kappa shape index (κ3) is 4.15. The quantitative estimate of drug-likeness (QED) is 0.826. The van der Waals surface area contributed by atoms with Crippen LogP contribution in [0.25, 0.3) is 0 Å².